The number of carbonyl (C=O) groups is 4. The number of amides is 3. The van der Waals surface area contributed by atoms with Gasteiger partial charge < -0.3 is 15.2 Å². The van der Waals surface area contributed by atoms with E-state index in [0.29, 0.717) is 22.1 Å². The number of aliphatic carboxylic acids is 1. The van der Waals surface area contributed by atoms with E-state index in [0.717, 1.165) is 9.80 Å². The minimum atomic E-state index is -1.04. The molecule has 0 aliphatic carbocycles. The van der Waals surface area contributed by atoms with Crippen LogP contribution in [0.15, 0.2) is 47.4 Å². The highest BCUT2D eigenvalue weighted by molar-refractivity contribution is 8.00. The van der Waals surface area contributed by atoms with Gasteiger partial charge in [0.25, 0.3) is 0 Å². The molecule has 8 nitrogen and oxygen atoms in total. The Labute approximate surface area is 187 Å². The van der Waals surface area contributed by atoms with Crippen LogP contribution >= 0.6 is 23.4 Å². The number of thioether (sulfide) groups is 1. The third kappa shape index (κ3) is 5.56. The van der Waals surface area contributed by atoms with Crippen LogP contribution in [0.3, 0.4) is 0 Å². The second-order valence-corrected chi connectivity index (χ2v) is 8.35. The zero-order chi connectivity index (χ0) is 22.5. The number of hydrogen-bond donors (Lipinski definition) is 2. The summed E-state index contributed by atoms with van der Waals surface area (Å²) >= 11 is 7.37. The number of carboxylic acid groups (broad SMARTS) is 1. The molecule has 2 aromatic carbocycles. The lowest BCUT2D eigenvalue weighted by molar-refractivity contribution is -0.138. The molecule has 0 unspecified atom stereocenters. The lowest BCUT2D eigenvalue weighted by Crippen LogP contribution is -2.31. The van der Waals surface area contributed by atoms with Gasteiger partial charge in [-0.25, -0.2) is 4.90 Å². The van der Waals surface area contributed by atoms with E-state index in [-0.39, 0.29) is 31.1 Å². The van der Waals surface area contributed by atoms with Gasteiger partial charge in [0.2, 0.25) is 17.7 Å². The largest absolute Gasteiger partial charge is 0.495 e. The summed E-state index contributed by atoms with van der Waals surface area (Å²) in [5.74, 6) is -1.63. The molecule has 1 atom stereocenters. The maximum absolute atomic E-state index is 12.8. The van der Waals surface area contributed by atoms with E-state index in [9.17, 15) is 19.2 Å². The summed E-state index contributed by atoms with van der Waals surface area (Å²) in [6, 6.07) is 11.5. The first-order valence-corrected chi connectivity index (χ1v) is 10.5. The number of methoxy groups -OCH3 is 1. The molecule has 0 radical (unpaired) electrons. The summed E-state index contributed by atoms with van der Waals surface area (Å²) < 4.78 is 5.10. The Morgan fingerprint density at radius 3 is 2.52 bits per heavy atom. The highest BCUT2D eigenvalue weighted by Crippen LogP contribution is 2.36. The molecule has 31 heavy (non-hydrogen) atoms. The lowest BCUT2D eigenvalue weighted by atomic mass is 10.2. The Balaban J connectivity index is 1.63. The van der Waals surface area contributed by atoms with Crippen molar-refractivity contribution in [2.24, 2.45) is 0 Å². The fraction of sp³-hybridized carbons (Fsp3) is 0.238. The Bertz CT molecular complexity index is 1030. The van der Waals surface area contributed by atoms with Crippen molar-refractivity contribution < 1.29 is 29.0 Å². The second-order valence-electron chi connectivity index (χ2n) is 6.66. The first kappa shape index (κ1) is 22.6. The van der Waals surface area contributed by atoms with Crippen LogP contribution in [-0.2, 0) is 19.2 Å². The van der Waals surface area contributed by atoms with Crippen molar-refractivity contribution in [2.75, 3.05) is 17.3 Å². The minimum absolute atomic E-state index is 0.0564. The molecule has 3 rings (SSSR count). The zero-order valence-electron chi connectivity index (χ0n) is 16.5. The number of halogens is 1. The topological polar surface area (TPSA) is 113 Å². The van der Waals surface area contributed by atoms with Gasteiger partial charge in [-0.15, -0.1) is 11.8 Å². The predicted octanol–water partition coefficient (Wildman–Crippen LogP) is 3.58. The number of rotatable bonds is 8. The molecule has 3 amide bonds. The molecule has 1 heterocycles. The van der Waals surface area contributed by atoms with Crippen molar-refractivity contribution >= 4 is 58.4 Å². The van der Waals surface area contributed by atoms with Crippen molar-refractivity contribution in [2.45, 2.75) is 29.4 Å². The molecule has 1 aliphatic heterocycles. The summed E-state index contributed by atoms with van der Waals surface area (Å²) in [4.78, 5) is 49.4. The molecule has 162 valence electrons. The van der Waals surface area contributed by atoms with Crippen LogP contribution in [0.2, 0.25) is 5.02 Å². The molecular formula is C21H19ClN2O6S. The second kappa shape index (κ2) is 9.84. The summed E-state index contributed by atoms with van der Waals surface area (Å²) in [6.45, 7) is 0. The number of nitrogens with zero attached hydrogens (tertiary/aromatic N) is 1. The van der Waals surface area contributed by atoms with Gasteiger partial charge in [-0.3, -0.25) is 19.2 Å². The van der Waals surface area contributed by atoms with Crippen molar-refractivity contribution in [3.05, 3.63) is 47.5 Å². The van der Waals surface area contributed by atoms with Gasteiger partial charge in [0, 0.05) is 23.4 Å². The van der Waals surface area contributed by atoms with E-state index in [1.54, 1.807) is 36.4 Å². The Morgan fingerprint density at radius 2 is 1.90 bits per heavy atom. The smallest absolute Gasteiger partial charge is 0.303 e. The number of hydrogen-bond acceptors (Lipinski definition) is 6. The van der Waals surface area contributed by atoms with Crippen molar-refractivity contribution in [3.8, 4) is 5.75 Å². The first-order valence-electron chi connectivity index (χ1n) is 9.27. The molecule has 1 saturated heterocycles. The number of nitrogens with one attached hydrogen (secondary N) is 1. The summed E-state index contributed by atoms with van der Waals surface area (Å²) in [5, 5.41) is 11.0. The van der Waals surface area contributed by atoms with E-state index < -0.39 is 17.1 Å². The fourth-order valence-electron chi connectivity index (χ4n) is 2.99. The molecular weight excluding hydrogens is 444 g/mol. The third-order valence-corrected chi connectivity index (χ3v) is 5.97. The van der Waals surface area contributed by atoms with Gasteiger partial charge in [0.15, 0.2) is 0 Å². The first-order chi connectivity index (χ1) is 14.8. The maximum Gasteiger partial charge on any atom is 0.303 e. The molecule has 0 spiro atoms. The number of anilines is 2. The van der Waals surface area contributed by atoms with Crippen LogP contribution in [-0.4, -0.2) is 41.2 Å². The van der Waals surface area contributed by atoms with Gasteiger partial charge in [0.05, 0.1) is 29.5 Å². The van der Waals surface area contributed by atoms with Gasteiger partial charge in [-0.2, -0.15) is 0 Å². The molecule has 0 bridgehead atoms. The number of carboxylic acids is 1. The Kier molecular flexibility index (Phi) is 7.19. The van der Waals surface area contributed by atoms with Crippen molar-refractivity contribution in [1.82, 2.24) is 0 Å². The maximum atomic E-state index is 12.8. The van der Waals surface area contributed by atoms with E-state index in [4.69, 9.17) is 21.4 Å². The summed E-state index contributed by atoms with van der Waals surface area (Å²) in [6.07, 6.45) is -0.302. The van der Waals surface area contributed by atoms with Crippen LogP contribution in [0.1, 0.15) is 19.3 Å². The fourth-order valence-corrected chi connectivity index (χ4v) is 4.29. The van der Waals surface area contributed by atoms with Crippen LogP contribution < -0.4 is 15.0 Å². The van der Waals surface area contributed by atoms with E-state index in [1.165, 1.54) is 24.9 Å². The van der Waals surface area contributed by atoms with Crippen molar-refractivity contribution in [1.29, 1.82) is 0 Å². The molecule has 2 N–H and O–H groups in total. The molecule has 2 aromatic rings. The zero-order valence-corrected chi connectivity index (χ0v) is 18.0. The van der Waals surface area contributed by atoms with Gasteiger partial charge in [-0.05, 0) is 42.5 Å². The SMILES string of the molecule is COc1ccc(N2C(=O)C[C@@H](Sc3ccc(NC(=O)CCC(=O)O)cc3)C2=O)cc1Cl. The highest BCUT2D eigenvalue weighted by atomic mass is 35.5. The lowest BCUT2D eigenvalue weighted by Gasteiger charge is -2.16. The molecule has 1 fully saturated rings. The highest BCUT2D eigenvalue weighted by Gasteiger charge is 2.40. The standard InChI is InChI=1S/C21H19ClN2O6S/c1-30-16-7-4-13(10-15(16)22)24-19(26)11-17(21(24)29)31-14-5-2-12(3-6-14)23-18(25)8-9-20(27)28/h2-7,10,17H,8-9,11H2,1H3,(H,23,25)(H,27,28)/t17-/m1/s1. The number of carbonyl (C=O) groups excluding carboxylic acids is 3. The summed E-state index contributed by atoms with van der Waals surface area (Å²) in [7, 11) is 1.48. The number of imide groups is 1. The Hall–Kier alpha value is -3.04. The normalized spacial score (nSPS) is 15.8. The number of ether oxygens (including phenoxy) is 1. The molecule has 1 aliphatic rings. The molecule has 10 heteroatoms. The molecule has 0 aromatic heterocycles. The Morgan fingerprint density at radius 1 is 1.19 bits per heavy atom. The monoisotopic (exact) mass is 462 g/mol. The third-order valence-electron chi connectivity index (χ3n) is 4.48. The van der Waals surface area contributed by atoms with Crippen LogP contribution in [0.4, 0.5) is 11.4 Å². The van der Waals surface area contributed by atoms with E-state index in [1.807, 2.05) is 0 Å². The number of benzene rings is 2. The minimum Gasteiger partial charge on any atom is -0.495 e. The van der Waals surface area contributed by atoms with Crippen molar-refractivity contribution in [3.63, 3.8) is 0 Å². The quantitative estimate of drug-likeness (QED) is 0.576. The summed E-state index contributed by atoms with van der Waals surface area (Å²) in [5.41, 5.74) is 0.909. The van der Waals surface area contributed by atoms with Crippen LogP contribution in [0, 0.1) is 0 Å². The van der Waals surface area contributed by atoms with Crippen LogP contribution in [0.25, 0.3) is 0 Å². The van der Waals surface area contributed by atoms with E-state index in [2.05, 4.69) is 5.32 Å². The average molecular weight is 463 g/mol. The molecule has 0 saturated carbocycles. The van der Waals surface area contributed by atoms with Gasteiger partial charge in [-0.1, -0.05) is 11.6 Å². The van der Waals surface area contributed by atoms with E-state index >= 15 is 0 Å². The van der Waals surface area contributed by atoms with Gasteiger partial charge in [0.1, 0.15) is 5.75 Å². The van der Waals surface area contributed by atoms with Crippen LogP contribution in [0.5, 0.6) is 5.75 Å². The van der Waals surface area contributed by atoms with Gasteiger partial charge >= 0.3 is 5.97 Å². The average Bonchev–Trinajstić information content (AvgIpc) is 3.00. The predicted molar refractivity (Wildman–Crippen MR) is 117 cm³/mol.